The predicted octanol–water partition coefficient (Wildman–Crippen LogP) is 2.11. The van der Waals surface area contributed by atoms with Crippen LogP contribution in [0.25, 0.3) is 0 Å². The molecule has 1 aliphatic heterocycles. The molecule has 1 rings (SSSR count). The molecule has 0 fully saturated rings. The fourth-order valence-electron chi connectivity index (χ4n) is 0.902. The molecule has 1 unspecified atom stereocenters. The summed E-state index contributed by atoms with van der Waals surface area (Å²) in [5.74, 6) is 0.724. The Morgan fingerprint density at radius 1 is 1.42 bits per heavy atom. The van der Waals surface area contributed by atoms with Crippen LogP contribution in [0.3, 0.4) is 0 Å². The van der Waals surface area contributed by atoms with E-state index in [1.54, 1.807) is 0 Å². The third-order valence-corrected chi connectivity index (χ3v) is 3.52. The topological polar surface area (TPSA) is 24.4 Å². The summed E-state index contributed by atoms with van der Waals surface area (Å²) in [5.41, 5.74) is 0. The van der Waals surface area contributed by atoms with E-state index in [1.807, 2.05) is 11.8 Å². The van der Waals surface area contributed by atoms with Gasteiger partial charge in [-0.3, -0.25) is 4.99 Å². The molecule has 70 valence electrons. The van der Waals surface area contributed by atoms with Gasteiger partial charge in [0.2, 0.25) is 0 Å². The summed E-state index contributed by atoms with van der Waals surface area (Å²) in [6, 6.07) is 0. The summed E-state index contributed by atoms with van der Waals surface area (Å²) in [4.78, 5) is 4.42. The average molecular weight is 186 g/mol. The molecule has 0 saturated heterocycles. The van der Waals surface area contributed by atoms with Crippen molar-refractivity contribution in [3.05, 3.63) is 0 Å². The van der Waals surface area contributed by atoms with Crippen molar-refractivity contribution in [2.24, 2.45) is 10.9 Å². The molecule has 3 heteroatoms. The molecule has 0 aromatic heterocycles. The Morgan fingerprint density at radius 2 is 2.17 bits per heavy atom. The van der Waals surface area contributed by atoms with Crippen LogP contribution in [-0.2, 0) is 0 Å². The van der Waals surface area contributed by atoms with Gasteiger partial charge in [0.15, 0.2) is 5.17 Å². The second kappa shape index (κ2) is 4.75. The van der Waals surface area contributed by atoms with Gasteiger partial charge < -0.3 is 5.32 Å². The van der Waals surface area contributed by atoms with Gasteiger partial charge in [0.25, 0.3) is 0 Å². The Labute approximate surface area is 79.2 Å². The van der Waals surface area contributed by atoms with Crippen LogP contribution in [0.1, 0.15) is 27.2 Å². The van der Waals surface area contributed by atoms with Crippen molar-refractivity contribution < 1.29 is 0 Å². The van der Waals surface area contributed by atoms with E-state index in [0.29, 0.717) is 5.25 Å². The van der Waals surface area contributed by atoms with Crippen LogP contribution in [-0.4, -0.2) is 23.5 Å². The van der Waals surface area contributed by atoms with Crippen LogP contribution >= 0.6 is 11.8 Å². The highest BCUT2D eigenvalue weighted by atomic mass is 32.2. The Morgan fingerprint density at radius 3 is 2.67 bits per heavy atom. The van der Waals surface area contributed by atoms with Gasteiger partial charge in [-0.05, 0) is 12.3 Å². The Bertz CT molecular complexity index is 166. The highest BCUT2D eigenvalue weighted by Gasteiger charge is 2.12. The minimum absolute atomic E-state index is 0.661. The SMILES string of the molecule is CC(C)C(C)SC1=NCCCN1. The van der Waals surface area contributed by atoms with E-state index in [9.17, 15) is 0 Å². The second-order valence-electron chi connectivity index (χ2n) is 3.53. The number of nitrogens with one attached hydrogen (secondary N) is 1. The molecular weight excluding hydrogens is 168 g/mol. The lowest BCUT2D eigenvalue weighted by atomic mass is 10.2. The van der Waals surface area contributed by atoms with Gasteiger partial charge >= 0.3 is 0 Å². The van der Waals surface area contributed by atoms with Crippen molar-refractivity contribution >= 4 is 16.9 Å². The number of amidine groups is 1. The van der Waals surface area contributed by atoms with Gasteiger partial charge in [-0.15, -0.1) is 0 Å². The minimum Gasteiger partial charge on any atom is -0.365 e. The van der Waals surface area contributed by atoms with Crippen molar-refractivity contribution in [2.45, 2.75) is 32.4 Å². The summed E-state index contributed by atoms with van der Waals surface area (Å²) in [5, 5.41) is 5.12. The van der Waals surface area contributed by atoms with Gasteiger partial charge in [-0.2, -0.15) is 0 Å². The van der Waals surface area contributed by atoms with Crippen molar-refractivity contribution in [3.63, 3.8) is 0 Å². The Balaban J connectivity index is 2.34. The first-order valence-corrected chi connectivity index (χ1v) is 5.53. The first kappa shape index (κ1) is 9.90. The van der Waals surface area contributed by atoms with Crippen molar-refractivity contribution in [1.82, 2.24) is 5.32 Å². The van der Waals surface area contributed by atoms with E-state index >= 15 is 0 Å². The lowest BCUT2D eigenvalue weighted by Crippen LogP contribution is -2.29. The fourth-order valence-corrected chi connectivity index (χ4v) is 1.88. The Hall–Kier alpha value is -0.180. The quantitative estimate of drug-likeness (QED) is 0.714. The van der Waals surface area contributed by atoms with E-state index < -0.39 is 0 Å². The molecule has 0 aliphatic carbocycles. The Kier molecular flexibility index (Phi) is 3.92. The number of aliphatic imine (C=N–C) groups is 1. The van der Waals surface area contributed by atoms with Crippen LogP contribution in [0, 0.1) is 5.92 Å². The smallest absolute Gasteiger partial charge is 0.156 e. The van der Waals surface area contributed by atoms with Gasteiger partial charge in [0, 0.05) is 18.3 Å². The lowest BCUT2D eigenvalue weighted by Gasteiger charge is -2.19. The van der Waals surface area contributed by atoms with E-state index in [1.165, 1.54) is 6.42 Å². The molecule has 1 atom stereocenters. The third-order valence-electron chi connectivity index (χ3n) is 2.10. The molecule has 1 heterocycles. The summed E-state index contributed by atoms with van der Waals surface area (Å²) < 4.78 is 0. The van der Waals surface area contributed by atoms with Crippen LogP contribution in [0.2, 0.25) is 0 Å². The standard InChI is InChI=1S/C9H18N2S/c1-7(2)8(3)12-9-10-5-4-6-11-9/h7-8H,4-6H2,1-3H3,(H,10,11). The molecule has 1 N–H and O–H groups in total. The number of hydrogen-bond donors (Lipinski definition) is 1. The van der Waals surface area contributed by atoms with E-state index in [4.69, 9.17) is 0 Å². The van der Waals surface area contributed by atoms with Gasteiger partial charge in [-0.25, -0.2) is 0 Å². The van der Waals surface area contributed by atoms with Crippen LogP contribution in [0.15, 0.2) is 4.99 Å². The monoisotopic (exact) mass is 186 g/mol. The maximum absolute atomic E-state index is 4.42. The second-order valence-corrected chi connectivity index (χ2v) is 4.90. The van der Waals surface area contributed by atoms with Crippen molar-refractivity contribution in [3.8, 4) is 0 Å². The molecule has 0 amide bonds. The maximum atomic E-state index is 4.42. The number of rotatable bonds is 2. The molecule has 0 aromatic carbocycles. The maximum Gasteiger partial charge on any atom is 0.156 e. The van der Waals surface area contributed by atoms with Crippen LogP contribution < -0.4 is 5.32 Å². The van der Waals surface area contributed by atoms with E-state index in [-0.39, 0.29) is 0 Å². The van der Waals surface area contributed by atoms with Gasteiger partial charge in [-0.1, -0.05) is 32.5 Å². The van der Waals surface area contributed by atoms with E-state index in [0.717, 1.165) is 24.2 Å². The van der Waals surface area contributed by atoms with Gasteiger partial charge in [0.1, 0.15) is 0 Å². The molecule has 0 radical (unpaired) electrons. The molecule has 2 nitrogen and oxygen atoms in total. The average Bonchev–Trinajstić information content (AvgIpc) is 2.06. The van der Waals surface area contributed by atoms with E-state index in [2.05, 4.69) is 31.1 Å². The van der Waals surface area contributed by atoms with Crippen molar-refractivity contribution in [2.75, 3.05) is 13.1 Å². The van der Waals surface area contributed by atoms with Gasteiger partial charge in [0.05, 0.1) is 0 Å². The third kappa shape index (κ3) is 3.05. The highest BCUT2D eigenvalue weighted by molar-refractivity contribution is 8.14. The normalized spacial score (nSPS) is 20.2. The zero-order valence-corrected chi connectivity index (χ0v) is 8.95. The summed E-state index contributed by atoms with van der Waals surface area (Å²) in [7, 11) is 0. The van der Waals surface area contributed by atoms with Crippen LogP contribution in [0.4, 0.5) is 0 Å². The summed E-state index contributed by atoms with van der Waals surface area (Å²) >= 11 is 1.87. The largest absolute Gasteiger partial charge is 0.365 e. The summed E-state index contributed by atoms with van der Waals surface area (Å²) in [6.07, 6.45) is 1.18. The number of nitrogens with zero attached hydrogens (tertiary/aromatic N) is 1. The molecular formula is C9H18N2S. The zero-order chi connectivity index (χ0) is 8.97. The summed E-state index contributed by atoms with van der Waals surface area (Å²) in [6.45, 7) is 8.85. The zero-order valence-electron chi connectivity index (χ0n) is 8.13. The molecule has 1 aliphatic rings. The first-order valence-electron chi connectivity index (χ1n) is 4.65. The lowest BCUT2D eigenvalue weighted by molar-refractivity contribution is 0.643. The highest BCUT2D eigenvalue weighted by Crippen LogP contribution is 2.20. The fraction of sp³-hybridized carbons (Fsp3) is 0.889. The molecule has 0 bridgehead atoms. The number of thioether (sulfide) groups is 1. The first-order chi connectivity index (χ1) is 5.70. The molecule has 0 spiro atoms. The number of hydrogen-bond acceptors (Lipinski definition) is 3. The molecule has 0 saturated carbocycles. The molecule has 0 aromatic rings. The minimum atomic E-state index is 0.661. The predicted molar refractivity (Wildman–Crippen MR) is 56.8 cm³/mol. The van der Waals surface area contributed by atoms with Crippen LogP contribution in [0.5, 0.6) is 0 Å². The van der Waals surface area contributed by atoms with Crippen molar-refractivity contribution in [1.29, 1.82) is 0 Å². The molecule has 12 heavy (non-hydrogen) atoms.